The molecule has 0 atom stereocenters. The van der Waals surface area contributed by atoms with E-state index in [9.17, 15) is 39.5 Å². The molecule has 0 spiro atoms. The largest absolute Gasteiger partial charge is 0.416 e. The Bertz CT molecular complexity index is 1670. The first-order valence-corrected chi connectivity index (χ1v) is 14.9. The van der Waals surface area contributed by atoms with E-state index in [0.717, 1.165) is 35.6 Å². The van der Waals surface area contributed by atoms with Crippen LogP contribution >= 0.6 is 0 Å². The molecule has 2 aromatic heterocycles. The Morgan fingerprint density at radius 3 is 1.98 bits per heavy atom. The summed E-state index contributed by atoms with van der Waals surface area (Å²) in [7, 11) is 1.38. The molecule has 3 heterocycles. The van der Waals surface area contributed by atoms with Crippen LogP contribution in [-0.2, 0) is 56.4 Å². The molecule has 0 saturated carbocycles. The van der Waals surface area contributed by atoms with Crippen molar-refractivity contribution in [1.82, 2.24) is 34.9 Å². The van der Waals surface area contributed by atoms with Gasteiger partial charge in [0.25, 0.3) is 5.95 Å². The number of anilines is 1. The molecule has 0 radical (unpaired) electrons. The lowest BCUT2D eigenvalue weighted by atomic mass is 9.97. The van der Waals surface area contributed by atoms with Crippen molar-refractivity contribution in [3.05, 3.63) is 76.0 Å². The van der Waals surface area contributed by atoms with Crippen molar-refractivity contribution in [2.75, 3.05) is 37.7 Å². The van der Waals surface area contributed by atoms with Gasteiger partial charge in [0, 0.05) is 44.5 Å². The number of benzene rings is 2. The molecule has 48 heavy (non-hydrogen) atoms. The molecule has 9 nitrogen and oxygen atoms in total. The SMILES string of the molecule is CCc1cn(CCN2CCOCC2)nc1-c1ccc(C(F)(F)F)cc1CN(Cc1cc(C(F)(F)F)cc(C(F)(F)F)c1)c1nnn(C)n1. The van der Waals surface area contributed by atoms with Gasteiger partial charge < -0.3 is 9.64 Å². The van der Waals surface area contributed by atoms with Gasteiger partial charge >= 0.3 is 18.5 Å². The number of halogens is 9. The summed E-state index contributed by atoms with van der Waals surface area (Å²) in [5.41, 5.74) is -3.00. The lowest BCUT2D eigenvalue weighted by Gasteiger charge is -2.26. The van der Waals surface area contributed by atoms with Crippen molar-refractivity contribution in [2.45, 2.75) is 51.5 Å². The van der Waals surface area contributed by atoms with Crippen molar-refractivity contribution in [1.29, 1.82) is 0 Å². The summed E-state index contributed by atoms with van der Waals surface area (Å²) < 4.78 is 131. The summed E-state index contributed by atoms with van der Waals surface area (Å²) in [5, 5.41) is 16.3. The van der Waals surface area contributed by atoms with Crippen LogP contribution in [0.5, 0.6) is 0 Å². The maximum Gasteiger partial charge on any atom is 0.416 e. The minimum Gasteiger partial charge on any atom is -0.379 e. The van der Waals surface area contributed by atoms with Crippen molar-refractivity contribution in [2.24, 2.45) is 7.05 Å². The zero-order valence-electron chi connectivity index (χ0n) is 25.8. The lowest BCUT2D eigenvalue weighted by Crippen LogP contribution is -2.38. The van der Waals surface area contributed by atoms with Crippen LogP contribution in [0.2, 0.25) is 0 Å². The summed E-state index contributed by atoms with van der Waals surface area (Å²) in [5.74, 6) is -0.224. The number of nitrogens with zero attached hydrogens (tertiary/aromatic N) is 8. The van der Waals surface area contributed by atoms with Crippen LogP contribution in [0.25, 0.3) is 11.3 Å². The molecule has 5 rings (SSSR count). The van der Waals surface area contributed by atoms with Gasteiger partial charge in [-0.15, -0.1) is 5.10 Å². The fraction of sp³-hybridized carbons (Fsp3) is 0.467. The number of aromatic nitrogens is 6. The molecule has 0 aliphatic carbocycles. The Morgan fingerprint density at radius 1 is 0.771 bits per heavy atom. The molecule has 0 N–H and O–H groups in total. The third-order valence-electron chi connectivity index (χ3n) is 7.82. The Hall–Kier alpha value is -4.19. The van der Waals surface area contributed by atoms with E-state index in [1.54, 1.807) is 10.9 Å². The number of tetrazole rings is 1. The summed E-state index contributed by atoms with van der Waals surface area (Å²) in [6.45, 7) is 4.67. The average Bonchev–Trinajstić information content (AvgIpc) is 3.64. The van der Waals surface area contributed by atoms with E-state index in [0.29, 0.717) is 56.1 Å². The monoisotopic (exact) mass is 690 g/mol. The Labute approximate surface area is 268 Å². The van der Waals surface area contributed by atoms with Gasteiger partial charge in [0.2, 0.25) is 0 Å². The third kappa shape index (κ3) is 8.44. The summed E-state index contributed by atoms with van der Waals surface area (Å²) in [4.78, 5) is 4.38. The molecule has 1 saturated heterocycles. The van der Waals surface area contributed by atoms with Crippen LogP contribution < -0.4 is 4.90 Å². The molecule has 2 aromatic carbocycles. The number of hydrogen-bond acceptors (Lipinski definition) is 7. The molecule has 18 heteroatoms. The van der Waals surface area contributed by atoms with E-state index in [-0.39, 0.29) is 17.6 Å². The van der Waals surface area contributed by atoms with E-state index >= 15 is 0 Å². The maximum atomic E-state index is 14.0. The van der Waals surface area contributed by atoms with E-state index in [1.165, 1.54) is 18.0 Å². The highest BCUT2D eigenvalue weighted by Gasteiger charge is 2.37. The summed E-state index contributed by atoms with van der Waals surface area (Å²) >= 11 is 0. The number of aryl methyl sites for hydroxylation is 2. The molecule has 1 aliphatic rings. The number of rotatable bonds is 10. The predicted octanol–water partition coefficient (Wildman–Crippen LogP) is 6.23. The third-order valence-corrected chi connectivity index (χ3v) is 7.82. The highest BCUT2D eigenvalue weighted by atomic mass is 19.4. The average molecular weight is 691 g/mol. The van der Waals surface area contributed by atoms with Crippen LogP contribution in [0, 0.1) is 0 Å². The van der Waals surface area contributed by atoms with Gasteiger partial charge in [-0.2, -0.15) is 49.4 Å². The van der Waals surface area contributed by atoms with Crippen molar-refractivity contribution < 1.29 is 44.3 Å². The highest BCUT2D eigenvalue weighted by Crippen LogP contribution is 2.38. The van der Waals surface area contributed by atoms with Crippen molar-refractivity contribution in [3.63, 3.8) is 0 Å². The fourth-order valence-electron chi connectivity index (χ4n) is 5.40. The van der Waals surface area contributed by atoms with Crippen molar-refractivity contribution >= 4 is 5.95 Å². The lowest BCUT2D eigenvalue weighted by molar-refractivity contribution is -0.143. The topological polar surface area (TPSA) is 77.1 Å². The molecule has 1 aliphatic heterocycles. The molecule has 0 amide bonds. The fourth-order valence-corrected chi connectivity index (χ4v) is 5.40. The normalized spacial score (nSPS) is 14.9. The second kappa shape index (κ2) is 13.7. The van der Waals surface area contributed by atoms with Crippen LogP contribution in [0.1, 0.15) is 40.3 Å². The van der Waals surface area contributed by atoms with E-state index in [4.69, 9.17) is 9.84 Å². The molecule has 0 unspecified atom stereocenters. The Kier molecular flexibility index (Phi) is 10.1. The van der Waals surface area contributed by atoms with Crippen molar-refractivity contribution in [3.8, 4) is 11.3 Å². The molecule has 1 fully saturated rings. The van der Waals surface area contributed by atoms with E-state index in [2.05, 4.69) is 20.3 Å². The van der Waals surface area contributed by atoms with Gasteiger partial charge in [0.1, 0.15) is 0 Å². The van der Waals surface area contributed by atoms with Gasteiger partial charge in [-0.1, -0.05) is 18.1 Å². The molecule has 4 aromatic rings. The zero-order valence-corrected chi connectivity index (χ0v) is 25.8. The predicted molar refractivity (Wildman–Crippen MR) is 154 cm³/mol. The van der Waals surface area contributed by atoms with Gasteiger partial charge in [-0.3, -0.25) is 9.58 Å². The van der Waals surface area contributed by atoms with Crippen LogP contribution in [-0.4, -0.2) is 67.7 Å². The molecular weight excluding hydrogens is 659 g/mol. The zero-order chi connectivity index (χ0) is 34.9. The Morgan fingerprint density at radius 2 is 1.42 bits per heavy atom. The Balaban J connectivity index is 1.56. The standard InChI is InChI=1S/C30H31F9N8O/c1-3-20-18-47(7-6-45-8-10-48-11-9-45)41-26(20)25-5-4-22(28(31,32)33)14-21(25)17-46(27-40-43-44(2)42-27)16-19-12-23(29(34,35)36)15-24(13-19)30(37,38)39/h4-5,12-15,18H,3,6-11,16-17H2,1-2H3. The summed E-state index contributed by atoms with van der Waals surface area (Å²) in [6, 6.07) is 4.16. The first-order chi connectivity index (χ1) is 22.5. The second-order valence-corrected chi connectivity index (χ2v) is 11.3. The van der Waals surface area contributed by atoms with Crippen LogP contribution in [0.15, 0.2) is 42.6 Å². The number of alkyl halides is 9. The van der Waals surface area contributed by atoms with Crippen LogP contribution in [0.3, 0.4) is 0 Å². The van der Waals surface area contributed by atoms with E-state index < -0.39 is 53.9 Å². The van der Waals surface area contributed by atoms with Crippen LogP contribution in [0.4, 0.5) is 45.5 Å². The van der Waals surface area contributed by atoms with Gasteiger partial charge in [0.05, 0.1) is 49.2 Å². The van der Waals surface area contributed by atoms with Gasteiger partial charge in [-0.05, 0) is 58.7 Å². The quantitative estimate of drug-likeness (QED) is 0.183. The van der Waals surface area contributed by atoms with Gasteiger partial charge in [-0.25, -0.2) is 0 Å². The molecule has 260 valence electrons. The summed E-state index contributed by atoms with van der Waals surface area (Å²) in [6.07, 6.45) is -12.7. The number of ether oxygens (including phenoxy) is 1. The van der Waals surface area contributed by atoms with E-state index in [1.807, 2.05) is 6.92 Å². The minimum atomic E-state index is -5.10. The second-order valence-electron chi connectivity index (χ2n) is 11.3. The highest BCUT2D eigenvalue weighted by molar-refractivity contribution is 5.68. The maximum absolute atomic E-state index is 14.0. The smallest absolute Gasteiger partial charge is 0.379 e. The number of morpholine rings is 1. The molecule has 0 bridgehead atoms. The first kappa shape index (κ1) is 35.1. The van der Waals surface area contributed by atoms with Gasteiger partial charge in [0.15, 0.2) is 0 Å². The first-order valence-electron chi connectivity index (χ1n) is 14.9. The molecular formula is C30H31F9N8O. The number of hydrogen-bond donors (Lipinski definition) is 0. The minimum absolute atomic E-state index is 0.000975.